The van der Waals surface area contributed by atoms with E-state index in [0.29, 0.717) is 24.4 Å². The lowest BCUT2D eigenvalue weighted by molar-refractivity contribution is 0.0371. The molecule has 0 spiro atoms. The summed E-state index contributed by atoms with van der Waals surface area (Å²) in [6, 6.07) is 7.62. The average Bonchev–Trinajstić information content (AvgIpc) is 3.46. The highest BCUT2D eigenvalue weighted by molar-refractivity contribution is 5.80. The highest BCUT2D eigenvalue weighted by Crippen LogP contribution is 2.32. The Bertz CT molecular complexity index is 1170. The van der Waals surface area contributed by atoms with Crippen LogP contribution in [-0.4, -0.2) is 56.5 Å². The molecule has 1 aromatic carbocycles. The van der Waals surface area contributed by atoms with Crippen LogP contribution in [0.25, 0.3) is 10.9 Å². The van der Waals surface area contributed by atoms with Crippen LogP contribution in [0.3, 0.4) is 0 Å². The van der Waals surface area contributed by atoms with E-state index >= 15 is 0 Å². The minimum absolute atomic E-state index is 0.0793. The van der Waals surface area contributed by atoms with Crippen molar-refractivity contribution < 1.29 is 9.47 Å². The third-order valence-corrected chi connectivity index (χ3v) is 6.38. The summed E-state index contributed by atoms with van der Waals surface area (Å²) in [5.41, 5.74) is 1.10. The van der Waals surface area contributed by atoms with Gasteiger partial charge in [-0.1, -0.05) is 13.8 Å². The Hall–Kier alpha value is -2.78. The highest BCUT2D eigenvalue weighted by atomic mass is 16.5. The molecule has 0 radical (unpaired) electrons. The Kier molecular flexibility index (Phi) is 7.04. The van der Waals surface area contributed by atoms with Crippen LogP contribution in [0, 0.1) is 5.92 Å². The van der Waals surface area contributed by atoms with Crippen LogP contribution in [0.1, 0.15) is 64.9 Å². The Balaban J connectivity index is 1.74. The summed E-state index contributed by atoms with van der Waals surface area (Å²) in [4.78, 5) is 18.5. The molecule has 1 N–H and O–H groups in total. The molecule has 3 heterocycles. The van der Waals surface area contributed by atoms with Crippen molar-refractivity contribution in [2.45, 2.75) is 71.7 Å². The van der Waals surface area contributed by atoms with E-state index in [4.69, 9.17) is 9.47 Å². The van der Waals surface area contributed by atoms with Crippen LogP contribution in [0.5, 0.6) is 5.75 Å². The highest BCUT2D eigenvalue weighted by Gasteiger charge is 2.34. The number of nitrogens with zero attached hydrogens (tertiary/aromatic N) is 5. The lowest BCUT2D eigenvalue weighted by atomic mass is 9.98. The summed E-state index contributed by atoms with van der Waals surface area (Å²) in [5.74, 6) is 1.74. The lowest BCUT2D eigenvalue weighted by Gasteiger charge is -2.36. The van der Waals surface area contributed by atoms with Gasteiger partial charge in [0.05, 0.1) is 30.3 Å². The molecule has 0 aliphatic carbocycles. The zero-order chi connectivity index (χ0) is 24.5. The lowest BCUT2D eigenvalue weighted by Crippen LogP contribution is -2.41. The first-order chi connectivity index (χ1) is 16.2. The van der Waals surface area contributed by atoms with Gasteiger partial charge in [-0.3, -0.25) is 9.69 Å². The van der Waals surface area contributed by atoms with E-state index in [9.17, 15) is 4.79 Å². The number of aromatic amines is 1. The molecule has 1 saturated heterocycles. The van der Waals surface area contributed by atoms with E-state index in [-0.39, 0.29) is 29.2 Å². The molecule has 1 aliphatic rings. The molecule has 0 amide bonds. The second-order valence-electron chi connectivity index (χ2n) is 10.4. The Morgan fingerprint density at radius 3 is 2.74 bits per heavy atom. The van der Waals surface area contributed by atoms with Crippen molar-refractivity contribution in [2.24, 2.45) is 5.92 Å². The van der Waals surface area contributed by atoms with Gasteiger partial charge in [0.15, 0.2) is 5.82 Å². The molecular formula is C25H36N6O3. The van der Waals surface area contributed by atoms with Crippen molar-refractivity contribution in [3.05, 3.63) is 46.0 Å². The number of H-pyrrole nitrogens is 1. The first-order valence-electron chi connectivity index (χ1n) is 12.0. The average molecular weight is 469 g/mol. The summed E-state index contributed by atoms with van der Waals surface area (Å²) in [6.07, 6.45) is 2.20. The van der Waals surface area contributed by atoms with Gasteiger partial charge in [0.2, 0.25) is 0 Å². The maximum Gasteiger partial charge on any atom is 0.252 e. The zero-order valence-electron chi connectivity index (χ0n) is 21.0. The SMILES string of the molecule is COc1ccc2cc(CN(C[C@H]3CCCO3)[C@@H](c3nnnn3C(C)(C)C)C(C)C)c(=O)[nH]c2c1. The second-order valence-corrected chi connectivity index (χ2v) is 10.4. The largest absolute Gasteiger partial charge is 0.497 e. The Morgan fingerprint density at radius 2 is 2.09 bits per heavy atom. The van der Waals surface area contributed by atoms with Crippen LogP contribution in [0.2, 0.25) is 0 Å². The van der Waals surface area contributed by atoms with E-state index in [1.54, 1.807) is 7.11 Å². The van der Waals surface area contributed by atoms with Gasteiger partial charge < -0.3 is 14.5 Å². The van der Waals surface area contributed by atoms with Crippen LogP contribution in [0.4, 0.5) is 0 Å². The maximum atomic E-state index is 13.1. The van der Waals surface area contributed by atoms with Crippen LogP contribution in [-0.2, 0) is 16.8 Å². The number of fused-ring (bicyclic) bond motifs is 1. The number of hydrogen-bond acceptors (Lipinski definition) is 7. The van der Waals surface area contributed by atoms with E-state index in [1.807, 2.05) is 28.9 Å². The summed E-state index contributed by atoms with van der Waals surface area (Å²) in [6.45, 7) is 12.6. The number of ether oxygens (including phenoxy) is 2. The number of tetrazole rings is 1. The molecule has 1 aliphatic heterocycles. The molecule has 0 unspecified atom stereocenters. The van der Waals surface area contributed by atoms with Gasteiger partial charge in [0.25, 0.3) is 5.56 Å². The predicted octanol–water partition coefficient (Wildman–Crippen LogP) is 3.66. The van der Waals surface area contributed by atoms with Crippen molar-refractivity contribution in [1.29, 1.82) is 0 Å². The minimum atomic E-state index is -0.263. The third kappa shape index (κ3) is 5.15. The van der Waals surface area contributed by atoms with Gasteiger partial charge in [-0.2, -0.15) is 0 Å². The Morgan fingerprint density at radius 1 is 1.29 bits per heavy atom. The summed E-state index contributed by atoms with van der Waals surface area (Å²) < 4.78 is 13.2. The zero-order valence-corrected chi connectivity index (χ0v) is 21.0. The van der Waals surface area contributed by atoms with Crippen LogP contribution < -0.4 is 10.3 Å². The van der Waals surface area contributed by atoms with Crippen LogP contribution >= 0.6 is 0 Å². The molecule has 184 valence electrons. The molecule has 9 nitrogen and oxygen atoms in total. The maximum absolute atomic E-state index is 13.1. The third-order valence-electron chi connectivity index (χ3n) is 6.38. The molecule has 4 rings (SSSR count). The molecule has 2 aromatic heterocycles. The van der Waals surface area contributed by atoms with Gasteiger partial charge in [0, 0.05) is 31.3 Å². The first kappa shape index (κ1) is 24.3. The molecule has 2 atom stereocenters. The van der Waals surface area contributed by atoms with E-state index in [0.717, 1.165) is 36.2 Å². The number of nitrogens with one attached hydrogen (secondary N) is 1. The van der Waals surface area contributed by atoms with Crippen LogP contribution in [0.15, 0.2) is 29.1 Å². The van der Waals surface area contributed by atoms with Gasteiger partial charge >= 0.3 is 0 Å². The van der Waals surface area contributed by atoms with Crippen molar-refractivity contribution in [1.82, 2.24) is 30.1 Å². The smallest absolute Gasteiger partial charge is 0.252 e. The van der Waals surface area contributed by atoms with Crippen molar-refractivity contribution >= 4 is 10.9 Å². The summed E-state index contributed by atoms with van der Waals surface area (Å²) >= 11 is 0. The molecule has 1 fully saturated rings. The van der Waals surface area contributed by atoms with Crippen molar-refractivity contribution in [2.75, 3.05) is 20.3 Å². The first-order valence-corrected chi connectivity index (χ1v) is 12.0. The molecule has 3 aromatic rings. The summed E-state index contributed by atoms with van der Waals surface area (Å²) in [7, 11) is 1.62. The van der Waals surface area contributed by atoms with Gasteiger partial charge in [-0.05, 0) is 73.5 Å². The van der Waals surface area contributed by atoms with E-state index in [1.165, 1.54) is 0 Å². The molecule has 34 heavy (non-hydrogen) atoms. The van der Waals surface area contributed by atoms with Gasteiger partial charge in [-0.15, -0.1) is 5.10 Å². The topological polar surface area (TPSA) is 98.2 Å². The molecular weight excluding hydrogens is 432 g/mol. The normalized spacial score (nSPS) is 17.7. The second kappa shape index (κ2) is 9.84. The fraction of sp³-hybridized carbons (Fsp3) is 0.600. The van der Waals surface area contributed by atoms with Gasteiger partial charge in [0.1, 0.15) is 5.75 Å². The van der Waals surface area contributed by atoms with Crippen molar-refractivity contribution in [3.63, 3.8) is 0 Å². The number of benzene rings is 1. The molecule has 0 saturated carbocycles. The van der Waals surface area contributed by atoms with E-state index < -0.39 is 0 Å². The Labute approximate surface area is 200 Å². The number of aromatic nitrogens is 5. The molecule has 9 heteroatoms. The fourth-order valence-electron chi connectivity index (χ4n) is 4.75. The number of methoxy groups -OCH3 is 1. The monoisotopic (exact) mass is 468 g/mol. The standard InChI is InChI=1S/C25H36N6O3/c1-16(2)22(23-27-28-29-31(23)25(3,4)5)30(15-20-8-7-11-34-20)14-18-12-17-9-10-19(33-6)13-21(17)26-24(18)32/h9-10,12-13,16,20,22H,7-8,11,14-15H2,1-6H3,(H,26,32)/t20-,22-/m1/s1. The van der Waals surface area contributed by atoms with Gasteiger partial charge in [-0.25, -0.2) is 4.68 Å². The quantitative estimate of drug-likeness (QED) is 0.539. The number of hydrogen-bond donors (Lipinski definition) is 1. The number of pyridine rings is 1. The van der Waals surface area contributed by atoms with Crippen molar-refractivity contribution in [3.8, 4) is 5.75 Å². The summed E-state index contributed by atoms with van der Waals surface area (Å²) in [5, 5.41) is 13.7. The minimum Gasteiger partial charge on any atom is -0.497 e. The predicted molar refractivity (Wildman–Crippen MR) is 131 cm³/mol. The number of rotatable bonds is 8. The van der Waals surface area contributed by atoms with E-state index in [2.05, 4.69) is 60.0 Å². The fourth-order valence-corrected chi connectivity index (χ4v) is 4.75. The molecule has 0 bridgehead atoms.